The second-order valence-electron chi connectivity index (χ2n) is 8.12. The molecule has 0 aliphatic carbocycles. The molecule has 0 aliphatic heterocycles. The van der Waals surface area contributed by atoms with Gasteiger partial charge in [0.05, 0.1) is 0 Å². The second kappa shape index (κ2) is 12.2. The van der Waals surface area contributed by atoms with Crippen molar-refractivity contribution in [3.63, 3.8) is 0 Å². The minimum Gasteiger partial charge on any atom is -0.482 e. The van der Waals surface area contributed by atoms with Crippen LogP contribution in [-0.2, 0) is 11.2 Å². The summed E-state index contributed by atoms with van der Waals surface area (Å²) in [6, 6.07) is 14.2. The number of aliphatic carboxylic acids is 1. The second-order valence-corrected chi connectivity index (χ2v) is 8.12. The van der Waals surface area contributed by atoms with E-state index in [1.54, 1.807) is 19.1 Å². The van der Waals surface area contributed by atoms with E-state index in [0.29, 0.717) is 46.6 Å². The van der Waals surface area contributed by atoms with Gasteiger partial charge in [-0.3, -0.25) is 5.32 Å². The van der Waals surface area contributed by atoms with E-state index in [2.05, 4.69) is 43.0 Å². The van der Waals surface area contributed by atoms with Crippen molar-refractivity contribution >= 4 is 17.7 Å². The lowest BCUT2D eigenvalue weighted by Gasteiger charge is -2.18. The van der Waals surface area contributed by atoms with Gasteiger partial charge in [-0.15, -0.1) is 0 Å². The van der Waals surface area contributed by atoms with E-state index in [1.807, 2.05) is 36.4 Å². The van der Waals surface area contributed by atoms with Gasteiger partial charge in [-0.05, 0) is 48.2 Å². The number of allylic oxidation sites excluding steroid dienone is 2. The fourth-order valence-corrected chi connectivity index (χ4v) is 2.95. The summed E-state index contributed by atoms with van der Waals surface area (Å²) in [6.07, 6.45) is 0.451. The molecule has 2 amide bonds. The zero-order valence-electron chi connectivity index (χ0n) is 19.8. The fourth-order valence-electron chi connectivity index (χ4n) is 2.95. The summed E-state index contributed by atoms with van der Waals surface area (Å²) < 4.78 is 5.14. The number of carbonyl (C=O) groups excluding carboxylic acids is 1. The third kappa shape index (κ3) is 8.38. The fraction of sp³-hybridized carbons (Fsp3) is 0.231. The molecule has 0 bridgehead atoms. The van der Waals surface area contributed by atoms with Crippen LogP contribution in [0, 0.1) is 0 Å². The Morgan fingerprint density at radius 3 is 2.35 bits per heavy atom. The first-order chi connectivity index (χ1) is 16.0. The lowest BCUT2D eigenvalue weighted by Crippen LogP contribution is -2.36. The topological polar surface area (TPSA) is 126 Å². The minimum absolute atomic E-state index is 0.303. The lowest BCUT2D eigenvalue weighted by atomic mass is 10.0. The van der Waals surface area contributed by atoms with Crippen LogP contribution in [0.25, 0.3) is 0 Å². The first-order valence-corrected chi connectivity index (χ1v) is 10.8. The number of rotatable bonds is 11. The Kier molecular flexibility index (Phi) is 9.31. The van der Waals surface area contributed by atoms with Crippen LogP contribution in [0.5, 0.6) is 5.75 Å². The molecule has 8 heteroatoms. The zero-order valence-corrected chi connectivity index (χ0v) is 19.8. The van der Waals surface area contributed by atoms with Crippen LogP contribution >= 0.6 is 0 Å². The van der Waals surface area contributed by atoms with Crippen LogP contribution in [0.2, 0.25) is 0 Å². The molecule has 0 aromatic heterocycles. The van der Waals surface area contributed by atoms with Gasteiger partial charge in [0, 0.05) is 29.1 Å². The molecule has 2 rings (SSSR count). The van der Waals surface area contributed by atoms with Gasteiger partial charge in [-0.25, -0.2) is 9.59 Å². The van der Waals surface area contributed by atoms with Gasteiger partial charge in [-0.2, -0.15) is 0 Å². The van der Waals surface area contributed by atoms with Crippen LogP contribution in [0.1, 0.15) is 37.8 Å². The molecular weight excluding hydrogens is 432 g/mol. The van der Waals surface area contributed by atoms with Crippen molar-refractivity contribution < 1.29 is 19.4 Å². The summed E-state index contributed by atoms with van der Waals surface area (Å²) in [4.78, 5) is 23.3. The van der Waals surface area contributed by atoms with E-state index in [4.69, 9.17) is 15.6 Å². The molecule has 0 saturated heterocycles. The standard InChI is InChI=1S/C26H32N4O4/c1-16(2)21-7-6-8-22(14-21)29-26(33)30-25(18(4)19(5)27)28-17(3)13-20-9-11-23(12-10-20)34-15-24(31)32/h6-12,14,16,28H,3,5,13,15,27H2,1-2,4H3,(H,31,32)(H2,29,30,33)/b25-18-. The molecule has 0 radical (unpaired) electrons. The van der Waals surface area contributed by atoms with Gasteiger partial charge in [0.25, 0.3) is 0 Å². The predicted octanol–water partition coefficient (Wildman–Crippen LogP) is 4.44. The summed E-state index contributed by atoms with van der Waals surface area (Å²) in [5, 5.41) is 17.4. The molecular formula is C26H32N4O4. The Balaban J connectivity index is 2.04. The number of ether oxygens (including phenoxy) is 1. The first-order valence-electron chi connectivity index (χ1n) is 10.8. The summed E-state index contributed by atoms with van der Waals surface area (Å²) in [6.45, 7) is 13.3. The highest BCUT2D eigenvalue weighted by molar-refractivity contribution is 5.90. The van der Waals surface area contributed by atoms with E-state index >= 15 is 0 Å². The minimum atomic E-state index is -1.04. The average Bonchev–Trinajstić information content (AvgIpc) is 2.77. The monoisotopic (exact) mass is 464 g/mol. The van der Waals surface area contributed by atoms with Gasteiger partial charge in [-0.1, -0.05) is 51.3 Å². The molecule has 2 aromatic rings. The number of hydrogen-bond donors (Lipinski definition) is 5. The number of nitrogens with two attached hydrogens (primary N) is 1. The maximum atomic E-state index is 12.7. The van der Waals surface area contributed by atoms with Crippen molar-refractivity contribution in [2.75, 3.05) is 11.9 Å². The lowest BCUT2D eigenvalue weighted by molar-refractivity contribution is -0.139. The molecule has 0 saturated carbocycles. The van der Waals surface area contributed by atoms with Crippen molar-refractivity contribution in [2.24, 2.45) is 5.73 Å². The van der Waals surface area contributed by atoms with Crippen LogP contribution in [-0.4, -0.2) is 23.7 Å². The Hall–Kier alpha value is -4.20. The van der Waals surface area contributed by atoms with Crippen LogP contribution < -0.4 is 26.4 Å². The number of hydrogen-bond acceptors (Lipinski definition) is 5. The summed E-state index contributed by atoms with van der Waals surface area (Å²) in [5.74, 6) is 0.129. The number of anilines is 1. The third-order valence-corrected chi connectivity index (χ3v) is 4.91. The van der Waals surface area contributed by atoms with E-state index in [0.717, 1.165) is 11.1 Å². The average molecular weight is 465 g/mol. The smallest absolute Gasteiger partial charge is 0.341 e. The highest BCUT2D eigenvalue weighted by atomic mass is 16.5. The molecule has 0 fully saturated rings. The van der Waals surface area contributed by atoms with Crippen LogP contribution in [0.3, 0.4) is 0 Å². The number of carboxylic acid groups (broad SMARTS) is 1. The number of urea groups is 1. The van der Waals surface area contributed by atoms with Crippen molar-refractivity contribution in [1.29, 1.82) is 0 Å². The normalized spacial score (nSPS) is 11.3. The Labute approximate surface area is 200 Å². The highest BCUT2D eigenvalue weighted by Crippen LogP contribution is 2.19. The van der Waals surface area contributed by atoms with Gasteiger partial charge < -0.3 is 26.2 Å². The van der Waals surface area contributed by atoms with Crippen molar-refractivity contribution in [3.8, 4) is 5.75 Å². The van der Waals surface area contributed by atoms with Gasteiger partial charge in [0.15, 0.2) is 6.61 Å². The quantitative estimate of drug-likeness (QED) is 0.313. The molecule has 0 spiro atoms. The van der Waals surface area contributed by atoms with E-state index in [-0.39, 0.29) is 0 Å². The number of carboxylic acids is 1. The molecule has 0 unspecified atom stereocenters. The molecule has 8 nitrogen and oxygen atoms in total. The maximum Gasteiger partial charge on any atom is 0.341 e. The maximum absolute atomic E-state index is 12.7. The molecule has 0 heterocycles. The van der Waals surface area contributed by atoms with Crippen molar-refractivity contribution in [3.05, 3.63) is 95.6 Å². The summed E-state index contributed by atoms with van der Waals surface area (Å²) >= 11 is 0. The Morgan fingerprint density at radius 1 is 1.09 bits per heavy atom. The van der Waals surface area contributed by atoms with E-state index < -0.39 is 18.6 Å². The van der Waals surface area contributed by atoms with E-state index in [1.165, 1.54) is 0 Å². The largest absolute Gasteiger partial charge is 0.482 e. The van der Waals surface area contributed by atoms with Crippen molar-refractivity contribution in [1.82, 2.24) is 10.6 Å². The number of benzene rings is 2. The zero-order chi connectivity index (χ0) is 25.3. The van der Waals surface area contributed by atoms with Crippen molar-refractivity contribution in [2.45, 2.75) is 33.1 Å². The molecule has 0 aliphatic rings. The number of amides is 2. The number of nitrogens with one attached hydrogen (secondary N) is 3. The van der Waals surface area contributed by atoms with E-state index in [9.17, 15) is 9.59 Å². The molecule has 6 N–H and O–H groups in total. The van der Waals surface area contributed by atoms with Crippen LogP contribution in [0.15, 0.2) is 84.5 Å². The Morgan fingerprint density at radius 2 is 1.76 bits per heavy atom. The highest BCUT2D eigenvalue weighted by Gasteiger charge is 2.12. The van der Waals surface area contributed by atoms with Gasteiger partial charge in [0.2, 0.25) is 0 Å². The molecule has 0 atom stereocenters. The first kappa shape index (κ1) is 26.1. The predicted molar refractivity (Wildman–Crippen MR) is 134 cm³/mol. The van der Waals surface area contributed by atoms with Gasteiger partial charge in [0.1, 0.15) is 11.6 Å². The molecule has 180 valence electrons. The summed E-state index contributed by atoms with van der Waals surface area (Å²) in [7, 11) is 0. The summed E-state index contributed by atoms with van der Waals surface area (Å²) in [5.41, 5.74) is 10.1. The van der Waals surface area contributed by atoms with Gasteiger partial charge >= 0.3 is 12.0 Å². The number of carbonyl (C=O) groups is 2. The third-order valence-electron chi connectivity index (χ3n) is 4.91. The Bertz CT molecular complexity index is 1090. The van der Waals surface area contributed by atoms with Crippen LogP contribution in [0.4, 0.5) is 10.5 Å². The SMILES string of the molecule is C=C(Cc1ccc(OCC(=O)O)cc1)N/C(NC(=O)Nc1cccc(C(C)C)c1)=C(\C)C(=C)N. The molecule has 2 aromatic carbocycles. The molecule has 34 heavy (non-hydrogen) atoms.